The first-order valence-electron chi connectivity index (χ1n) is 22.2. The van der Waals surface area contributed by atoms with Crippen LogP contribution in [0.5, 0.6) is 5.75 Å². The molecule has 2 amide bonds. The summed E-state index contributed by atoms with van der Waals surface area (Å²) < 4.78 is 117. The highest BCUT2D eigenvalue weighted by molar-refractivity contribution is 7.88. The van der Waals surface area contributed by atoms with Gasteiger partial charge in [-0.05, 0) is 107 Å². The number of nitrogens with zero attached hydrogens (tertiary/aromatic N) is 1. The van der Waals surface area contributed by atoms with Crippen LogP contribution in [0.1, 0.15) is 112 Å². The Balaban J connectivity index is 1.67. The minimum Gasteiger partial charge on any atom is -0.456 e. The number of ether oxygens (including phenoxy) is 1. The molecule has 6 rings (SSSR count). The lowest BCUT2D eigenvalue weighted by atomic mass is 9.80. The van der Waals surface area contributed by atoms with Crippen molar-refractivity contribution in [2.75, 3.05) is 16.0 Å². The van der Waals surface area contributed by atoms with Crippen molar-refractivity contribution in [1.82, 2.24) is 0 Å². The molecule has 16 nitrogen and oxygen atoms in total. The summed E-state index contributed by atoms with van der Waals surface area (Å²) in [4.78, 5) is 30.4. The van der Waals surface area contributed by atoms with Crippen LogP contribution in [0.2, 0.25) is 0 Å². The number of fused-ring (bicyclic) bond motifs is 2. The van der Waals surface area contributed by atoms with E-state index in [4.69, 9.17) is 9.73 Å². The standard InChI is InChI=1S/C50H60N4O12S3/c1-14-48(9,10)46(55)53-44-28(5)20-26(3)42(30(44)7)51-35-23-36-33(22-39(35)68(60,61)62)41(32-18-16-17-19-38(32)67(57,58)59)34-25-50(13,69(63,64)65)40(24-37(34)66-36)52-43-27(4)21-29(6)45(31(43)8)54-47(56)49(11,12)15-2/h16-24,51H,14-15,25H2,1-13H3,(H,53,55)(H,54,56)(H,57,58,59)(H,60,61,62)(H,63,64,65). The molecule has 1 heterocycles. The average molecular weight is 1010 g/mol. The molecule has 19 heteroatoms. The second-order valence-corrected chi connectivity index (χ2v) is 24.0. The number of benzene rings is 4. The number of aliphatic imine (C=N–C) groups is 1. The molecule has 4 aromatic rings. The molecule has 4 aromatic carbocycles. The summed E-state index contributed by atoms with van der Waals surface area (Å²) in [6.07, 6.45) is 1.76. The Morgan fingerprint density at radius 1 is 0.696 bits per heavy atom. The maximum absolute atomic E-state index is 13.8. The van der Waals surface area contributed by atoms with Gasteiger partial charge in [-0.1, -0.05) is 71.9 Å². The SMILES string of the molecule is CCC(C)(C)C(=O)Nc1c(C)cc(C)c(N=C2C=C3Oc4cc(Nc5c(C)cc(C)c(NC(=O)C(C)(C)CC)c5C)c(S(=O)(=O)O)cc4C(c4ccccc4S(=O)(=O)O)=C3CC2(C)S(=O)(=O)O)c1C. The molecule has 6 N–H and O–H groups in total. The van der Waals surface area contributed by atoms with Gasteiger partial charge in [-0.15, -0.1) is 0 Å². The first-order chi connectivity index (χ1) is 31.7. The zero-order valence-corrected chi connectivity index (χ0v) is 43.5. The van der Waals surface area contributed by atoms with E-state index in [1.165, 1.54) is 37.3 Å². The van der Waals surface area contributed by atoms with Crippen LogP contribution in [0.15, 0.2) is 80.7 Å². The van der Waals surface area contributed by atoms with Crippen molar-refractivity contribution in [3.05, 3.63) is 110 Å². The first-order valence-corrected chi connectivity index (χ1v) is 26.5. The van der Waals surface area contributed by atoms with E-state index in [0.29, 0.717) is 52.2 Å². The lowest BCUT2D eigenvalue weighted by molar-refractivity contribution is -0.124. The van der Waals surface area contributed by atoms with E-state index in [-0.39, 0.29) is 62.7 Å². The second kappa shape index (κ2) is 18.2. The molecule has 370 valence electrons. The van der Waals surface area contributed by atoms with Gasteiger partial charge in [0, 0.05) is 68.7 Å². The van der Waals surface area contributed by atoms with Crippen molar-refractivity contribution < 1.29 is 53.2 Å². The average Bonchev–Trinajstić information content (AvgIpc) is 3.24. The molecule has 69 heavy (non-hydrogen) atoms. The van der Waals surface area contributed by atoms with Gasteiger partial charge in [0.2, 0.25) is 11.8 Å². The number of carbonyl (C=O) groups excluding carboxylic acids is 2. The normalized spacial score (nSPS) is 17.2. The van der Waals surface area contributed by atoms with Crippen LogP contribution in [0, 0.1) is 52.4 Å². The van der Waals surface area contributed by atoms with Crippen LogP contribution in [-0.2, 0) is 39.9 Å². The van der Waals surface area contributed by atoms with E-state index in [1.807, 2.05) is 55.4 Å². The van der Waals surface area contributed by atoms with Crippen molar-refractivity contribution in [3.8, 4) is 5.75 Å². The largest absolute Gasteiger partial charge is 0.456 e. The molecule has 0 aromatic heterocycles. The topological polar surface area (TPSA) is 255 Å². The molecule has 0 spiro atoms. The van der Waals surface area contributed by atoms with Crippen molar-refractivity contribution in [2.24, 2.45) is 15.8 Å². The molecule has 1 atom stereocenters. The van der Waals surface area contributed by atoms with E-state index in [9.17, 15) is 48.5 Å². The predicted octanol–water partition coefficient (Wildman–Crippen LogP) is 10.4. The number of hydrogen-bond acceptors (Lipinski definition) is 11. The molecule has 0 radical (unpaired) electrons. The third-order valence-corrected chi connectivity index (χ3v) is 16.9. The van der Waals surface area contributed by atoms with E-state index in [1.54, 1.807) is 39.8 Å². The van der Waals surface area contributed by atoms with Crippen LogP contribution < -0.4 is 20.7 Å². The lowest BCUT2D eigenvalue weighted by Crippen LogP contribution is -2.46. The zero-order valence-electron chi connectivity index (χ0n) is 41.0. The maximum atomic E-state index is 13.8. The van der Waals surface area contributed by atoms with Gasteiger partial charge in [0.05, 0.1) is 17.1 Å². The van der Waals surface area contributed by atoms with Gasteiger partial charge in [0.1, 0.15) is 26.0 Å². The molecule has 1 aliphatic heterocycles. The molecule has 0 fully saturated rings. The first kappa shape index (κ1) is 52.7. The van der Waals surface area contributed by atoms with Crippen LogP contribution >= 0.6 is 0 Å². The highest BCUT2D eigenvalue weighted by Crippen LogP contribution is 2.51. The Bertz CT molecular complexity index is 3310. The number of aryl methyl sites for hydroxylation is 4. The number of carbonyl (C=O) groups is 2. The van der Waals surface area contributed by atoms with Crippen LogP contribution in [-0.4, -0.2) is 61.2 Å². The smallest absolute Gasteiger partial charge is 0.296 e. The van der Waals surface area contributed by atoms with E-state index in [2.05, 4.69) is 16.0 Å². The Morgan fingerprint density at radius 2 is 1.20 bits per heavy atom. The number of anilines is 4. The van der Waals surface area contributed by atoms with Crippen molar-refractivity contribution >= 4 is 81.9 Å². The number of nitrogens with one attached hydrogen (secondary N) is 3. The molecule has 0 bridgehead atoms. The van der Waals surface area contributed by atoms with Gasteiger partial charge in [-0.2, -0.15) is 25.3 Å². The van der Waals surface area contributed by atoms with Crippen molar-refractivity contribution in [2.45, 2.75) is 124 Å². The molecular formula is C50H60N4O12S3. The summed E-state index contributed by atoms with van der Waals surface area (Å²) in [5.74, 6) is -0.650. The summed E-state index contributed by atoms with van der Waals surface area (Å²) in [6.45, 7) is 22.9. The Kier molecular flexibility index (Phi) is 13.9. The zero-order chi connectivity index (χ0) is 51.7. The number of hydrogen-bond donors (Lipinski definition) is 6. The fourth-order valence-electron chi connectivity index (χ4n) is 8.44. The van der Waals surface area contributed by atoms with Gasteiger partial charge >= 0.3 is 0 Å². The Hall–Kier alpha value is -5.70. The third-order valence-electron chi connectivity index (χ3n) is 13.6. The maximum Gasteiger partial charge on any atom is 0.296 e. The summed E-state index contributed by atoms with van der Waals surface area (Å²) in [6, 6.07) is 11.1. The fourth-order valence-corrected chi connectivity index (χ4v) is 10.5. The van der Waals surface area contributed by atoms with Crippen molar-refractivity contribution in [1.29, 1.82) is 0 Å². The van der Waals surface area contributed by atoms with Crippen molar-refractivity contribution in [3.63, 3.8) is 0 Å². The van der Waals surface area contributed by atoms with E-state index in [0.717, 1.165) is 23.3 Å². The summed E-state index contributed by atoms with van der Waals surface area (Å²) in [7, 11) is -15.3. The number of amides is 2. The monoisotopic (exact) mass is 1000 g/mol. The second-order valence-electron chi connectivity index (χ2n) is 19.4. The molecule has 0 saturated heterocycles. The minimum absolute atomic E-state index is 0.0209. The summed E-state index contributed by atoms with van der Waals surface area (Å²) >= 11 is 0. The quantitative estimate of drug-likeness (QED) is 0.0683. The molecule has 0 saturated carbocycles. The molecule has 1 unspecified atom stereocenters. The Labute approximate surface area is 405 Å². The highest BCUT2D eigenvalue weighted by atomic mass is 32.2. The predicted molar refractivity (Wildman–Crippen MR) is 269 cm³/mol. The number of allylic oxidation sites excluding steroid dienone is 2. The van der Waals surface area contributed by atoms with Crippen LogP contribution in [0.3, 0.4) is 0 Å². The fraction of sp³-hybridized carbons (Fsp3) is 0.380. The molecule has 2 aliphatic rings. The summed E-state index contributed by atoms with van der Waals surface area (Å²) in [5.41, 5.74) is 3.09. The highest BCUT2D eigenvalue weighted by Gasteiger charge is 2.49. The van der Waals surface area contributed by atoms with E-state index >= 15 is 0 Å². The molecular weight excluding hydrogens is 945 g/mol. The number of rotatable bonds is 13. The Morgan fingerprint density at radius 3 is 1.72 bits per heavy atom. The van der Waals surface area contributed by atoms with Gasteiger partial charge in [-0.25, -0.2) is 0 Å². The summed E-state index contributed by atoms with van der Waals surface area (Å²) in [5, 5.41) is 9.16. The van der Waals surface area contributed by atoms with E-state index < -0.39 is 62.1 Å². The minimum atomic E-state index is -5.14. The molecule has 1 aliphatic carbocycles. The van der Waals surface area contributed by atoms with Gasteiger partial charge in [-0.3, -0.25) is 28.2 Å². The third kappa shape index (κ3) is 9.90. The van der Waals surface area contributed by atoms with Gasteiger partial charge < -0.3 is 20.7 Å². The van der Waals surface area contributed by atoms with Gasteiger partial charge in [0.25, 0.3) is 30.4 Å². The lowest BCUT2D eigenvalue weighted by Gasteiger charge is -2.37. The van der Waals surface area contributed by atoms with Gasteiger partial charge in [0.15, 0.2) is 0 Å². The van der Waals surface area contributed by atoms with Crippen LogP contribution in [0.4, 0.5) is 28.4 Å². The van der Waals surface area contributed by atoms with Crippen LogP contribution in [0.25, 0.3) is 5.57 Å².